The molecule has 0 aliphatic carbocycles. The van der Waals surface area contributed by atoms with Gasteiger partial charge in [0.25, 0.3) is 5.56 Å². The molecule has 118 valence electrons. The SMILES string of the molecule is O=C(CCCn1cncn1)Nc1cc(C(F)(F)F)c[nH]c1=O. The van der Waals surface area contributed by atoms with Crippen LogP contribution in [0.1, 0.15) is 18.4 Å². The molecule has 2 aromatic rings. The van der Waals surface area contributed by atoms with Crippen LogP contribution in [-0.4, -0.2) is 25.7 Å². The van der Waals surface area contributed by atoms with Gasteiger partial charge in [0.2, 0.25) is 5.91 Å². The van der Waals surface area contributed by atoms with Gasteiger partial charge < -0.3 is 10.3 Å². The molecule has 0 saturated carbocycles. The number of nitrogens with one attached hydrogen (secondary N) is 2. The number of nitrogens with zero attached hydrogens (tertiary/aromatic N) is 3. The molecule has 0 radical (unpaired) electrons. The zero-order valence-electron chi connectivity index (χ0n) is 11.2. The predicted octanol–water partition coefficient (Wildman–Crippen LogP) is 1.40. The molecular formula is C12H12F3N5O2. The summed E-state index contributed by atoms with van der Waals surface area (Å²) in [6, 6.07) is 0.605. The maximum Gasteiger partial charge on any atom is 0.417 e. The summed E-state index contributed by atoms with van der Waals surface area (Å²) in [5.41, 5.74) is -2.26. The Bertz CT molecular complexity index is 694. The molecule has 0 atom stereocenters. The molecule has 7 nitrogen and oxygen atoms in total. The van der Waals surface area contributed by atoms with Gasteiger partial charge in [-0.3, -0.25) is 14.3 Å². The average molecular weight is 315 g/mol. The Balaban J connectivity index is 1.94. The number of amides is 1. The quantitative estimate of drug-likeness (QED) is 0.872. The van der Waals surface area contributed by atoms with Crippen molar-refractivity contribution in [2.24, 2.45) is 0 Å². The monoisotopic (exact) mass is 315 g/mol. The normalized spacial score (nSPS) is 11.4. The van der Waals surface area contributed by atoms with Crippen LogP contribution >= 0.6 is 0 Å². The molecular weight excluding hydrogens is 303 g/mol. The Labute approximate surface area is 122 Å². The number of aryl methyl sites for hydroxylation is 1. The molecule has 2 aromatic heterocycles. The lowest BCUT2D eigenvalue weighted by atomic mass is 10.2. The highest BCUT2D eigenvalue weighted by molar-refractivity contribution is 5.90. The van der Waals surface area contributed by atoms with E-state index >= 15 is 0 Å². The van der Waals surface area contributed by atoms with Crippen molar-refractivity contribution in [3.8, 4) is 0 Å². The number of rotatable bonds is 5. The maximum atomic E-state index is 12.5. The van der Waals surface area contributed by atoms with Crippen molar-refractivity contribution < 1.29 is 18.0 Å². The van der Waals surface area contributed by atoms with Crippen LogP contribution < -0.4 is 10.9 Å². The van der Waals surface area contributed by atoms with Crippen LogP contribution in [0.15, 0.2) is 29.7 Å². The number of anilines is 1. The number of H-pyrrole nitrogens is 1. The highest BCUT2D eigenvalue weighted by atomic mass is 19.4. The Hall–Kier alpha value is -2.65. The van der Waals surface area contributed by atoms with Crippen molar-refractivity contribution in [3.05, 3.63) is 40.8 Å². The highest BCUT2D eigenvalue weighted by Crippen LogP contribution is 2.29. The third kappa shape index (κ3) is 4.17. The van der Waals surface area contributed by atoms with E-state index in [0.717, 1.165) is 0 Å². The molecule has 0 bridgehead atoms. The summed E-state index contributed by atoms with van der Waals surface area (Å²) in [6.07, 6.45) is -0.765. The first-order chi connectivity index (χ1) is 10.4. The van der Waals surface area contributed by atoms with Crippen LogP contribution in [0, 0.1) is 0 Å². The predicted molar refractivity (Wildman–Crippen MR) is 70.0 cm³/mol. The van der Waals surface area contributed by atoms with E-state index in [1.807, 2.05) is 4.98 Å². The molecule has 2 N–H and O–H groups in total. The van der Waals surface area contributed by atoms with Crippen molar-refractivity contribution in [2.75, 3.05) is 5.32 Å². The van der Waals surface area contributed by atoms with E-state index in [4.69, 9.17) is 0 Å². The van der Waals surface area contributed by atoms with Gasteiger partial charge in [0.05, 0.1) is 5.56 Å². The zero-order chi connectivity index (χ0) is 16.2. The maximum absolute atomic E-state index is 12.5. The molecule has 10 heteroatoms. The van der Waals surface area contributed by atoms with Gasteiger partial charge in [-0.2, -0.15) is 18.3 Å². The van der Waals surface area contributed by atoms with E-state index in [2.05, 4.69) is 15.4 Å². The van der Waals surface area contributed by atoms with Crippen molar-refractivity contribution in [1.29, 1.82) is 0 Å². The number of hydrogen-bond acceptors (Lipinski definition) is 4. The Morgan fingerprint density at radius 3 is 2.82 bits per heavy atom. The molecule has 2 heterocycles. The third-order valence-electron chi connectivity index (χ3n) is 2.76. The minimum absolute atomic E-state index is 0.0372. The summed E-state index contributed by atoms with van der Waals surface area (Å²) in [7, 11) is 0. The lowest BCUT2D eigenvalue weighted by molar-refractivity contribution is -0.137. The van der Waals surface area contributed by atoms with Crippen molar-refractivity contribution in [2.45, 2.75) is 25.6 Å². The molecule has 0 fully saturated rings. The van der Waals surface area contributed by atoms with Gasteiger partial charge >= 0.3 is 6.18 Å². The second-order valence-electron chi connectivity index (χ2n) is 4.44. The number of halogens is 3. The van der Waals surface area contributed by atoms with Crippen LogP contribution in [0.4, 0.5) is 18.9 Å². The minimum atomic E-state index is -4.60. The Morgan fingerprint density at radius 1 is 1.41 bits per heavy atom. The molecule has 0 spiro atoms. The molecule has 2 rings (SSSR count). The lowest BCUT2D eigenvalue weighted by Gasteiger charge is -2.09. The van der Waals surface area contributed by atoms with E-state index in [1.165, 1.54) is 17.3 Å². The molecule has 0 unspecified atom stereocenters. The molecule has 1 amide bonds. The fourth-order valence-electron chi connectivity index (χ4n) is 1.70. The number of hydrogen-bond donors (Lipinski definition) is 2. The second-order valence-corrected chi connectivity index (χ2v) is 4.44. The summed E-state index contributed by atoms with van der Waals surface area (Å²) in [5.74, 6) is -0.551. The van der Waals surface area contributed by atoms with Crippen LogP contribution in [0.2, 0.25) is 0 Å². The van der Waals surface area contributed by atoms with Crippen LogP contribution in [0.25, 0.3) is 0 Å². The molecule has 0 aliphatic rings. The lowest BCUT2D eigenvalue weighted by Crippen LogP contribution is -2.21. The fourth-order valence-corrected chi connectivity index (χ4v) is 1.70. The Kier molecular flexibility index (Phi) is 4.59. The van der Waals surface area contributed by atoms with Crippen molar-refractivity contribution >= 4 is 11.6 Å². The first-order valence-corrected chi connectivity index (χ1v) is 6.28. The van der Waals surface area contributed by atoms with Gasteiger partial charge in [-0.15, -0.1) is 0 Å². The number of pyridine rings is 1. The molecule has 22 heavy (non-hydrogen) atoms. The van der Waals surface area contributed by atoms with E-state index in [1.54, 1.807) is 0 Å². The molecule has 0 saturated heterocycles. The number of alkyl halides is 3. The summed E-state index contributed by atoms with van der Waals surface area (Å²) < 4.78 is 39.2. The standard InChI is InChI=1S/C12H12F3N5O2/c13-12(14,15)8-4-9(11(22)17-5-8)19-10(21)2-1-3-20-7-16-6-18-20/h4-7H,1-3H2,(H,17,22)(H,19,21). The fraction of sp³-hybridized carbons (Fsp3) is 0.333. The third-order valence-corrected chi connectivity index (χ3v) is 2.76. The Morgan fingerprint density at radius 2 is 2.18 bits per heavy atom. The zero-order valence-corrected chi connectivity index (χ0v) is 11.2. The molecule has 0 aliphatic heterocycles. The molecule has 0 aromatic carbocycles. The topological polar surface area (TPSA) is 92.7 Å². The largest absolute Gasteiger partial charge is 0.417 e. The number of carbonyl (C=O) groups excluding carboxylic acids is 1. The average Bonchev–Trinajstić information content (AvgIpc) is 2.93. The first kappa shape index (κ1) is 15.7. The van der Waals surface area contributed by atoms with E-state index in [9.17, 15) is 22.8 Å². The van der Waals surface area contributed by atoms with E-state index in [-0.39, 0.29) is 6.42 Å². The number of aromatic nitrogens is 4. The number of aromatic amines is 1. The highest BCUT2D eigenvalue weighted by Gasteiger charge is 2.31. The smallest absolute Gasteiger partial charge is 0.327 e. The van der Waals surface area contributed by atoms with Gasteiger partial charge in [-0.25, -0.2) is 4.98 Å². The van der Waals surface area contributed by atoms with Gasteiger partial charge in [-0.05, 0) is 12.5 Å². The summed E-state index contributed by atoms with van der Waals surface area (Å²) in [5, 5.41) is 6.02. The minimum Gasteiger partial charge on any atom is -0.327 e. The van der Waals surface area contributed by atoms with Gasteiger partial charge in [0.1, 0.15) is 18.3 Å². The summed E-state index contributed by atoms with van der Waals surface area (Å²) >= 11 is 0. The van der Waals surface area contributed by atoms with E-state index in [0.29, 0.717) is 25.2 Å². The van der Waals surface area contributed by atoms with E-state index < -0.39 is 28.9 Å². The van der Waals surface area contributed by atoms with Crippen LogP contribution in [-0.2, 0) is 17.5 Å². The second kappa shape index (κ2) is 6.41. The van der Waals surface area contributed by atoms with Gasteiger partial charge in [0, 0.05) is 19.2 Å². The van der Waals surface area contributed by atoms with Crippen LogP contribution in [0.3, 0.4) is 0 Å². The first-order valence-electron chi connectivity index (χ1n) is 6.28. The van der Waals surface area contributed by atoms with Gasteiger partial charge in [0.15, 0.2) is 0 Å². The number of carbonyl (C=O) groups is 1. The summed E-state index contributed by atoms with van der Waals surface area (Å²) in [4.78, 5) is 28.8. The van der Waals surface area contributed by atoms with Gasteiger partial charge in [-0.1, -0.05) is 0 Å². The van der Waals surface area contributed by atoms with Crippen molar-refractivity contribution in [1.82, 2.24) is 19.7 Å². The summed E-state index contributed by atoms with van der Waals surface area (Å²) in [6.45, 7) is 0.437. The van der Waals surface area contributed by atoms with Crippen LogP contribution in [0.5, 0.6) is 0 Å². The van der Waals surface area contributed by atoms with Crippen molar-refractivity contribution in [3.63, 3.8) is 0 Å².